The third-order valence-corrected chi connectivity index (χ3v) is 2.70. The Morgan fingerprint density at radius 2 is 2.28 bits per heavy atom. The predicted molar refractivity (Wildman–Crippen MR) is 60.8 cm³/mol. The third kappa shape index (κ3) is 2.36. The molecular weight excluding hydrogens is 236 g/mol. The molecule has 0 fully saturated rings. The summed E-state index contributed by atoms with van der Waals surface area (Å²) in [5.74, 6) is -0.289. The number of carbonyl (C=O) groups is 1. The second-order valence-corrected chi connectivity index (χ2v) is 4.09. The first-order chi connectivity index (χ1) is 8.59. The van der Waals surface area contributed by atoms with Crippen LogP contribution in [0.3, 0.4) is 0 Å². The van der Waals surface area contributed by atoms with Gasteiger partial charge in [-0.3, -0.25) is 9.48 Å². The summed E-state index contributed by atoms with van der Waals surface area (Å²) in [6.07, 6.45) is 3.46. The first-order valence-corrected chi connectivity index (χ1v) is 5.58. The molecular formula is C10H14N6O2. The lowest BCUT2D eigenvalue weighted by Crippen LogP contribution is -2.19. The average Bonchev–Trinajstić information content (AvgIpc) is 2.98. The smallest absolute Gasteiger partial charge is 0.305 e. The normalized spacial score (nSPS) is 14.3. The molecule has 2 aromatic heterocycles. The Bertz CT molecular complexity index is 520. The van der Waals surface area contributed by atoms with Gasteiger partial charge >= 0.3 is 5.97 Å². The minimum absolute atomic E-state index is 0.0239. The van der Waals surface area contributed by atoms with E-state index in [1.807, 2.05) is 19.2 Å². The summed E-state index contributed by atoms with van der Waals surface area (Å²) in [4.78, 5) is 10.7. The van der Waals surface area contributed by atoms with E-state index in [1.165, 1.54) is 4.68 Å². The van der Waals surface area contributed by atoms with Crippen molar-refractivity contribution in [3.05, 3.63) is 24.3 Å². The van der Waals surface area contributed by atoms with E-state index in [-0.39, 0.29) is 18.5 Å². The second-order valence-electron chi connectivity index (χ2n) is 4.09. The molecule has 0 aliphatic carbocycles. The van der Waals surface area contributed by atoms with E-state index in [9.17, 15) is 4.79 Å². The van der Waals surface area contributed by atoms with E-state index in [2.05, 4.69) is 20.6 Å². The van der Waals surface area contributed by atoms with Crippen LogP contribution in [0.25, 0.3) is 0 Å². The fraction of sp³-hybridized carbons (Fsp3) is 0.500. The van der Waals surface area contributed by atoms with Crippen LogP contribution in [0.2, 0.25) is 0 Å². The highest BCUT2D eigenvalue weighted by Gasteiger charge is 2.21. The van der Waals surface area contributed by atoms with Crippen LogP contribution in [0.1, 0.15) is 38.2 Å². The molecule has 8 heteroatoms. The van der Waals surface area contributed by atoms with Gasteiger partial charge in [-0.25, -0.2) is 4.68 Å². The second kappa shape index (κ2) is 4.94. The lowest BCUT2D eigenvalue weighted by atomic mass is 10.2. The minimum atomic E-state index is -0.879. The highest BCUT2D eigenvalue weighted by molar-refractivity contribution is 5.67. The van der Waals surface area contributed by atoms with Crippen LogP contribution in [0, 0.1) is 0 Å². The zero-order valence-electron chi connectivity index (χ0n) is 10.1. The van der Waals surface area contributed by atoms with Crippen LogP contribution in [-0.2, 0) is 4.79 Å². The first-order valence-electron chi connectivity index (χ1n) is 5.58. The van der Waals surface area contributed by atoms with Crippen LogP contribution in [-0.4, -0.2) is 41.1 Å². The van der Waals surface area contributed by atoms with E-state index < -0.39 is 5.97 Å². The molecule has 96 valence electrons. The van der Waals surface area contributed by atoms with Crippen molar-refractivity contribution >= 4 is 5.97 Å². The molecule has 0 spiro atoms. The number of carboxylic acids is 1. The molecule has 2 atom stereocenters. The number of tetrazole rings is 1. The van der Waals surface area contributed by atoms with Gasteiger partial charge in [0.15, 0.2) is 5.82 Å². The fourth-order valence-corrected chi connectivity index (χ4v) is 1.76. The number of hydrogen-bond donors (Lipinski definition) is 1. The summed E-state index contributed by atoms with van der Waals surface area (Å²) in [5.41, 5.74) is 0. The van der Waals surface area contributed by atoms with Gasteiger partial charge < -0.3 is 5.11 Å². The van der Waals surface area contributed by atoms with Gasteiger partial charge in [0.25, 0.3) is 0 Å². The molecule has 2 rings (SSSR count). The molecule has 0 bridgehead atoms. The summed E-state index contributed by atoms with van der Waals surface area (Å²) in [5, 5.41) is 24.3. The van der Waals surface area contributed by atoms with Gasteiger partial charge in [-0.05, 0) is 30.3 Å². The van der Waals surface area contributed by atoms with Crippen molar-refractivity contribution in [3.8, 4) is 0 Å². The fourth-order valence-electron chi connectivity index (χ4n) is 1.76. The third-order valence-electron chi connectivity index (χ3n) is 2.70. The molecule has 2 heterocycles. The first kappa shape index (κ1) is 12.2. The highest BCUT2D eigenvalue weighted by atomic mass is 16.4. The van der Waals surface area contributed by atoms with Crippen molar-refractivity contribution in [1.29, 1.82) is 0 Å². The van der Waals surface area contributed by atoms with Crippen molar-refractivity contribution in [3.63, 3.8) is 0 Å². The molecule has 0 radical (unpaired) electrons. The number of carboxylic acid groups (broad SMARTS) is 1. The summed E-state index contributed by atoms with van der Waals surface area (Å²) >= 11 is 0. The summed E-state index contributed by atoms with van der Waals surface area (Å²) in [6.45, 7) is 3.67. The molecule has 0 amide bonds. The largest absolute Gasteiger partial charge is 0.481 e. The molecule has 0 saturated carbocycles. The van der Waals surface area contributed by atoms with Crippen molar-refractivity contribution in [2.75, 3.05) is 0 Å². The van der Waals surface area contributed by atoms with Gasteiger partial charge in [0, 0.05) is 12.4 Å². The van der Waals surface area contributed by atoms with Crippen molar-refractivity contribution in [2.24, 2.45) is 0 Å². The number of nitrogens with zero attached hydrogens (tertiary/aromatic N) is 6. The lowest BCUT2D eigenvalue weighted by Gasteiger charge is -2.15. The molecule has 2 unspecified atom stereocenters. The molecule has 0 saturated heterocycles. The molecule has 1 N–H and O–H groups in total. The molecule has 0 aliphatic rings. The van der Waals surface area contributed by atoms with Crippen LogP contribution in [0.5, 0.6) is 0 Å². The van der Waals surface area contributed by atoms with Gasteiger partial charge in [0.2, 0.25) is 0 Å². The van der Waals surface area contributed by atoms with Crippen molar-refractivity contribution < 1.29 is 9.90 Å². The zero-order chi connectivity index (χ0) is 13.1. The molecule has 18 heavy (non-hydrogen) atoms. The van der Waals surface area contributed by atoms with E-state index in [4.69, 9.17) is 5.11 Å². The molecule has 0 aliphatic heterocycles. The molecule has 2 aromatic rings. The molecule has 8 nitrogen and oxygen atoms in total. The SMILES string of the molecule is CC(c1nnnn1C(C)CC(=O)O)n1cccn1. The van der Waals surface area contributed by atoms with Crippen LogP contribution in [0.4, 0.5) is 0 Å². The lowest BCUT2D eigenvalue weighted by molar-refractivity contribution is -0.137. The number of aromatic nitrogens is 6. The van der Waals surface area contributed by atoms with E-state index in [0.29, 0.717) is 5.82 Å². The van der Waals surface area contributed by atoms with Crippen molar-refractivity contribution in [1.82, 2.24) is 30.0 Å². The highest BCUT2D eigenvalue weighted by Crippen LogP contribution is 2.18. The van der Waals surface area contributed by atoms with Crippen LogP contribution in [0.15, 0.2) is 18.5 Å². The maximum atomic E-state index is 10.7. The predicted octanol–water partition coefficient (Wildman–Crippen LogP) is 0.515. The number of aliphatic carboxylic acids is 1. The van der Waals surface area contributed by atoms with Gasteiger partial charge in [0.05, 0.1) is 12.5 Å². The summed E-state index contributed by atoms with van der Waals surface area (Å²) < 4.78 is 3.25. The van der Waals surface area contributed by atoms with Gasteiger partial charge in [-0.15, -0.1) is 5.10 Å². The minimum Gasteiger partial charge on any atom is -0.481 e. The zero-order valence-corrected chi connectivity index (χ0v) is 10.1. The Balaban J connectivity index is 2.24. The topological polar surface area (TPSA) is 98.7 Å². The quantitative estimate of drug-likeness (QED) is 0.830. The standard InChI is InChI=1S/C10H14N6O2/c1-7(6-9(17)18)16-10(12-13-14-16)8(2)15-5-3-4-11-15/h3-5,7-8H,6H2,1-2H3,(H,17,18). The van der Waals surface area contributed by atoms with E-state index in [1.54, 1.807) is 17.8 Å². The van der Waals surface area contributed by atoms with Gasteiger partial charge in [-0.1, -0.05) is 0 Å². The number of rotatable bonds is 5. The van der Waals surface area contributed by atoms with Gasteiger partial charge in [-0.2, -0.15) is 5.10 Å². The van der Waals surface area contributed by atoms with Gasteiger partial charge in [0.1, 0.15) is 6.04 Å². The van der Waals surface area contributed by atoms with E-state index in [0.717, 1.165) is 0 Å². The Morgan fingerprint density at radius 3 is 2.89 bits per heavy atom. The molecule has 0 aromatic carbocycles. The van der Waals surface area contributed by atoms with Crippen molar-refractivity contribution in [2.45, 2.75) is 32.4 Å². The Labute approximate surface area is 103 Å². The maximum absolute atomic E-state index is 10.7. The van der Waals surface area contributed by atoms with E-state index >= 15 is 0 Å². The summed E-state index contributed by atoms with van der Waals surface area (Å²) in [7, 11) is 0. The monoisotopic (exact) mass is 250 g/mol. The Morgan fingerprint density at radius 1 is 1.50 bits per heavy atom. The van der Waals surface area contributed by atoms with Crippen LogP contribution < -0.4 is 0 Å². The average molecular weight is 250 g/mol. The maximum Gasteiger partial charge on any atom is 0.305 e. The van der Waals surface area contributed by atoms with Crippen LogP contribution >= 0.6 is 0 Å². The Hall–Kier alpha value is -2.25. The Kier molecular flexibility index (Phi) is 3.35. The summed E-state index contributed by atoms with van der Waals surface area (Å²) in [6, 6.07) is 1.36. The number of hydrogen-bond acceptors (Lipinski definition) is 5.